The summed E-state index contributed by atoms with van der Waals surface area (Å²) < 4.78 is 5.45. The van der Waals surface area contributed by atoms with Gasteiger partial charge in [-0.15, -0.1) is 0 Å². The van der Waals surface area contributed by atoms with Crippen molar-refractivity contribution in [3.05, 3.63) is 58.7 Å². The number of hydrogen-bond donors (Lipinski definition) is 0. The maximum Gasteiger partial charge on any atom is 0.343 e. The van der Waals surface area contributed by atoms with Gasteiger partial charge in [0.25, 0.3) is 0 Å². The number of amides is 1. The molecule has 2 aliphatic heterocycles. The molecule has 0 aliphatic carbocycles. The Hall–Kier alpha value is -2.60. The van der Waals surface area contributed by atoms with Crippen molar-refractivity contribution in [2.45, 2.75) is 43.4 Å². The van der Waals surface area contributed by atoms with E-state index < -0.39 is 10.8 Å². The SMILES string of the molecule is Cc1cc(C)c(C(=O)COC(=O)C23CCC(=O)N2c2ccccc2S3)cc1C. The number of esters is 1. The third-order valence-electron chi connectivity index (χ3n) is 5.47. The number of anilines is 1. The highest BCUT2D eigenvalue weighted by atomic mass is 32.2. The smallest absolute Gasteiger partial charge is 0.343 e. The average molecular weight is 395 g/mol. The topological polar surface area (TPSA) is 63.7 Å². The van der Waals surface area contributed by atoms with Crippen molar-refractivity contribution >= 4 is 35.1 Å². The molecule has 2 aliphatic rings. The van der Waals surface area contributed by atoms with Crippen LogP contribution in [-0.4, -0.2) is 29.1 Å². The molecule has 1 unspecified atom stereocenters. The molecule has 0 bridgehead atoms. The minimum Gasteiger partial charge on any atom is -0.455 e. The number of para-hydroxylation sites is 1. The van der Waals surface area contributed by atoms with Crippen LogP contribution >= 0.6 is 11.8 Å². The Balaban J connectivity index is 1.54. The maximum absolute atomic E-state index is 13.0. The first-order valence-electron chi connectivity index (χ1n) is 9.23. The average Bonchev–Trinajstić information content (AvgIpc) is 3.18. The Labute approximate surface area is 168 Å². The molecule has 0 aromatic heterocycles. The number of fused-ring (bicyclic) bond motifs is 3. The van der Waals surface area contributed by atoms with E-state index in [0.29, 0.717) is 18.4 Å². The fraction of sp³-hybridized carbons (Fsp3) is 0.318. The first-order chi connectivity index (χ1) is 13.3. The zero-order chi connectivity index (χ0) is 20.1. The quantitative estimate of drug-likeness (QED) is 0.579. The summed E-state index contributed by atoms with van der Waals surface area (Å²) in [5, 5.41) is 0. The Morgan fingerprint density at radius 1 is 1.11 bits per heavy atom. The molecule has 0 N–H and O–H groups in total. The van der Waals surface area contributed by atoms with Crippen LogP contribution < -0.4 is 4.90 Å². The Kier molecular flexibility index (Phi) is 4.54. The maximum atomic E-state index is 13.0. The molecular formula is C22H21NO4S. The van der Waals surface area contributed by atoms with Crippen LogP contribution in [-0.2, 0) is 14.3 Å². The van der Waals surface area contributed by atoms with Gasteiger partial charge in [0.2, 0.25) is 11.7 Å². The predicted molar refractivity (Wildman–Crippen MR) is 108 cm³/mol. The predicted octanol–water partition coefficient (Wildman–Crippen LogP) is 3.97. The van der Waals surface area contributed by atoms with Gasteiger partial charge in [0.1, 0.15) is 0 Å². The zero-order valence-corrected chi connectivity index (χ0v) is 16.9. The molecule has 28 heavy (non-hydrogen) atoms. The van der Waals surface area contributed by atoms with Crippen molar-refractivity contribution < 1.29 is 19.1 Å². The molecule has 2 heterocycles. The highest BCUT2D eigenvalue weighted by molar-refractivity contribution is 8.02. The molecular weight excluding hydrogens is 374 g/mol. The molecule has 5 nitrogen and oxygen atoms in total. The van der Waals surface area contributed by atoms with Gasteiger partial charge in [-0.3, -0.25) is 14.5 Å². The fourth-order valence-corrected chi connectivity index (χ4v) is 5.27. The monoisotopic (exact) mass is 395 g/mol. The molecule has 2 aromatic rings. The summed E-state index contributed by atoms with van der Waals surface area (Å²) in [6, 6.07) is 11.3. The molecule has 2 aromatic carbocycles. The first kappa shape index (κ1) is 18.7. The lowest BCUT2D eigenvalue weighted by atomic mass is 9.98. The molecule has 0 radical (unpaired) electrons. The summed E-state index contributed by atoms with van der Waals surface area (Å²) in [6.07, 6.45) is 0.668. The zero-order valence-electron chi connectivity index (χ0n) is 16.1. The van der Waals surface area contributed by atoms with Gasteiger partial charge >= 0.3 is 5.97 Å². The van der Waals surface area contributed by atoms with E-state index in [1.807, 2.05) is 57.2 Å². The van der Waals surface area contributed by atoms with Gasteiger partial charge in [-0.05, 0) is 55.7 Å². The standard InChI is InChI=1S/C22H21NO4S/c1-13-10-15(3)16(11-14(13)2)18(24)12-27-21(26)22-9-8-20(25)23(22)17-6-4-5-7-19(17)28-22/h4-7,10-11H,8-9,12H2,1-3H3. The second kappa shape index (κ2) is 6.78. The van der Waals surface area contributed by atoms with Crippen LogP contribution in [0.3, 0.4) is 0 Å². The number of rotatable bonds is 4. The van der Waals surface area contributed by atoms with Crippen molar-refractivity contribution in [2.24, 2.45) is 0 Å². The minimum absolute atomic E-state index is 0.0919. The van der Waals surface area contributed by atoms with E-state index in [4.69, 9.17) is 4.74 Å². The normalized spacial score (nSPS) is 20.1. The number of ketones is 1. The Morgan fingerprint density at radius 3 is 2.61 bits per heavy atom. The third-order valence-corrected chi connectivity index (χ3v) is 6.92. The van der Waals surface area contributed by atoms with Crippen LogP contribution in [0, 0.1) is 20.8 Å². The Bertz CT molecular complexity index is 1020. The van der Waals surface area contributed by atoms with Crippen molar-refractivity contribution in [3.63, 3.8) is 0 Å². The van der Waals surface area contributed by atoms with E-state index in [0.717, 1.165) is 27.3 Å². The van der Waals surface area contributed by atoms with Crippen molar-refractivity contribution in [2.75, 3.05) is 11.5 Å². The van der Waals surface area contributed by atoms with Crippen molar-refractivity contribution in [1.82, 2.24) is 0 Å². The van der Waals surface area contributed by atoms with Gasteiger partial charge in [-0.1, -0.05) is 30.0 Å². The number of carbonyl (C=O) groups is 3. The molecule has 6 heteroatoms. The third kappa shape index (κ3) is 2.83. The second-order valence-corrected chi connectivity index (χ2v) is 8.65. The van der Waals surface area contributed by atoms with Gasteiger partial charge in [-0.2, -0.15) is 0 Å². The molecule has 0 saturated carbocycles. The summed E-state index contributed by atoms with van der Waals surface area (Å²) in [7, 11) is 0. The largest absolute Gasteiger partial charge is 0.455 e. The molecule has 4 rings (SSSR count). The van der Waals surface area contributed by atoms with Gasteiger partial charge in [-0.25, -0.2) is 4.79 Å². The number of hydrogen-bond acceptors (Lipinski definition) is 5. The molecule has 144 valence electrons. The highest BCUT2D eigenvalue weighted by Crippen LogP contribution is 2.56. The minimum atomic E-state index is -1.10. The van der Waals surface area contributed by atoms with Crippen LogP contribution in [0.1, 0.15) is 39.9 Å². The number of thioether (sulfide) groups is 1. The van der Waals surface area contributed by atoms with Crippen LogP contribution in [0.15, 0.2) is 41.3 Å². The van der Waals surface area contributed by atoms with E-state index in [9.17, 15) is 14.4 Å². The van der Waals surface area contributed by atoms with E-state index >= 15 is 0 Å². The number of benzene rings is 2. The van der Waals surface area contributed by atoms with Crippen molar-refractivity contribution in [1.29, 1.82) is 0 Å². The van der Waals surface area contributed by atoms with Gasteiger partial charge < -0.3 is 4.74 Å². The molecule has 1 saturated heterocycles. The first-order valence-corrected chi connectivity index (χ1v) is 10.0. The van der Waals surface area contributed by atoms with E-state index in [1.165, 1.54) is 11.8 Å². The van der Waals surface area contributed by atoms with Crippen LogP contribution in [0.5, 0.6) is 0 Å². The summed E-state index contributed by atoms with van der Waals surface area (Å²) in [4.78, 5) is 39.4. The molecule has 1 fully saturated rings. The summed E-state index contributed by atoms with van der Waals surface area (Å²) >= 11 is 1.34. The Morgan fingerprint density at radius 2 is 1.82 bits per heavy atom. The van der Waals surface area contributed by atoms with Crippen LogP contribution in [0.25, 0.3) is 0 Å². The van der Waals surface area contributed by atoms with Gasteiger partial charge in [0.15, 0.2) is 11.5 Å². The number of aryl methyl sites for hydroxylation is 3. The fourth-order valence-electron chi connectivity index (χ4n) is 3.85. The number of Topliss-reactive ketones (excluding diaryl/α,β-unsaturated/α-hetero) is 1. The van der Waals surface area contributed by atoms with Crippen LogP contribution in [0.4, 0.5) is 5.69 Å². The van der Waals surface area contributed by atoms with Crippen LogP contribution in [0.2, 0.25) is 0 Å². The number of nitrogens with zero attached hydrogens (tertiary/aromatic N) is 1. The molecule has 1 amide bonds. The van der Waals surface area contributed by atoms with E-state index in [1.54, 1.807) is 4.90 Å². The van der Waals surface area contributed by atoms with Gasteiger partial charge in [0.05, 0.1) is 5.69 Å². The lowest BCUT2D eigenvalue weighted by molar-refractivity contribution is -0.145. The summed E-state index contributed by atoms with van der Waals surface area (Å²) in [5.41, 5.74) is 4.31. The second-order valence-electron chi connectivity index (χ2n) is 7.33. The van der Waals surface area contributed by atoms with Gasteiger partial charge in [0, 0.05) is 23.3 Å². The summed E-state index contributed by atoms with van der Waals surface area (Å²) in [5.74, 6) is -0.859. The highest BCUT2D eigenvalue weighted by Gasteiger charge is 2.58. The lowest BCUT2D eigenvalue weighted by Crippen LogP contribution is -2.48. The number of carbonyl (C=O) groups excluding carboxylic acids is 3. The van der Waals surface area contributed by atoms with E-state index in [-0.39, 0.29) is 18.3 Å². The van der Waals surface area contributed by atoms with Crippen molar-refractivity contribution in [3.8, 4) is 0 Å². The lowest BCUT2D eigenvalue weighted by Gasteiger charge is -2.28. The molecule has 0 spiro atoms. The van der Waals surface area contributed by atoms with E-state index in [2.05, 4.69) is 0 Å². The summed E-state index contributed by atoms with van der Waals surface area (Å²) in [6.45, 7) is 5.49. The molecule has 1 atom stereocenters. The number of ether oxygens (including phenoxy) is 1.